The molecule has 0 unspecified atom stereocenters. The number of nitriles is 1. The van der Waals surface area contributed by atoms with Gasteiger partial charge in [0, 0.05) is 10.9 Å². The fourth-order valence-electron chi connectivity index (χ4n) is 2.94. The molecule has 0 spiro atoms. The first-order valence-electron chi connectivity index (χ1n) is 8.71. The van der Waals surface area contributed by atoms with Crippen LogP contribution >= 0.6 is 0 Å². The van der Waals surface area contributed by atoms with Gasteiger partial charge in [0.25, 0.3) is 0 Å². The molecule has 1 aromatic heterocycles. The Labute approximate surface area is 161 Å². The molecular weight excluding hydrogens is 350 g/mol. The minimum atomic E-state index is -0.637. The van der Waals surface area contributed by atoms with Crippen LogP contribution in [0.4, 0.5) is 0 Å². The van der Waals surface area contributed by atoms with Crippen molar-refractivity contribution in [2.24, 2.45) is 0 Å². The molecule has 0 atom stereocenters. The van der Waals surface area contributed by atoms with Crippen molar-refractivity contribution < 1.29 is 9.15 Å². The number of hydrogen-bond acceptors (Lipinski definition) is 4. The van der Waals surface area contributed by atoms with E-state index in [2.05, 4.69) is 0 Å². The zero-order valence-electron chi connectivity index (χ0n) is 14.8. The molecule has 0 radical (unpaired) electrons. The highest BCUT2D eigenvalue weighted by molar-refractivity contribution is 5.91. The van der Waals surface area contributed by atoms with Crippen LogP contribution in [0.25, 0.3) is 23.1 Å². The second-order valence-corrected chi connectivity index (χ2v) is 6.11. The van der Waals surface area contributed by atoms with Crippen molar-refractivity contribution in [2.75, 3.05) is 0 Å². The summed E-state index contributed by atoms with van der Waals surface area (Å²) < 4.78 is 11.1. The van der Waals surface area contributed by atoms with Gasteiger partial charge in [-0.25, -0.2) is 4.79 Å². The van der Waals surface area contributed by atoms with E-state index in [-0.39, 0.29) is 5.56 Å². The molecule has 4 rings (SSSR count). The van der Waals surface area contributed by atoms with E-state index in [9.17, 15) is 10.1 Å². The van der Waals surface area contributed by atoms with Crippen LogP contribution in [-0.4, -0.2) is 0 Å². The third-order valence-corrected chi connectivity index (χ3v) is 4.24. The quantitative estimate of drug-likeness (QED) is 0.440. The number of nitrogens with zero attached hydrogens (tertiary/aromatic N) is 1. The smallest absolute Gasteiger partial charge is 0.354 e. The molecule has 4 aromatic rings. The molecule has 0 bridgehead atoms. The second-order valence-electron chi connectivity index (χ2n) is 6.11. The molecular formula is C24H15NO3. The second kappa shape index (κ2) is 7.65. The predicted molar refractivity (Wildman–Crippen MR) is 109 cm³/mol. The molecule has 0 amide bonds. The molecule has 0 aliphatic rings. The largest absolute Gasteiger partial charge is 0.457 e. The van der Waals surface area contributed by atoms with Gasteiger partial charge in [-0.3, -0.25) is 0 Å². The van der Waals surface area contributed by atoms with Gasteiger partial charge in [0.1, 0.15) is 28.7 Å². The Morgan fingerprint density at radius 2 is 1.61 bits per heavy atom. The number of benzene rings is 3. The van der Waals surface area contributed by atoms with E-state index in [1.807, 2.05) is 78.9 Å². The van der Waals surface area contributed by atoms with Gasteiger partial charge in [-0.15, -0.1) is 0 Å². The van der Waals surface area contributed by atoms with Crippen molar-refractivity contribution in [3.8, 4) is 17.6 Å². The minimum absolute atomic E-state index is 0.00774. The third kappa shape index (κ3) is 3.55. The summed E-state index contributed by atoms with van der Waals surface area (Å²) in [5.41, 5.74) is 1.24. The molecule has 0 aliphatic heterocycles. The van der Waals surface area contributed by atoms with Crippen molar-refractivity contribution in [1.29, 1.82) is 5.26 Å². The van der Waals surface area contributed by atoms with E-state index < -0.39 is 5.63 Å². The maximum Gasteiger partial charge on any atom is 0.354 e. The molecule has 4 nitrogen and oxygen atoms in total. The summed E-state index contributed by atoms with van der Waals surface area (Å²) in [6.45, 7) is 0. The highest BCUT2D eigenvalue weighted by Crippen LogP contribution is 2.25. The van der Waals surface area contributed by atoms with Gasteiger partial charge < -0.3 is 9.15 Å². The highest BCUT2D eigenvalue weighted by Gasteiger charge is 2.11. The zero-order valence-corrected chi connectivity index (χ0v) is 14.8. The van der Waals surface area contributed by atoms with E-state index >= 15 is 0 Å². The lowest BCUT2D eigenvalue weighted by molar-refractivity contribution is 0.482. The van der Waals surface area contributed by atoms with E-state index in [1.54, 1.807) is 18.2 Å². The summed E-state index contributed by atoms with van der Waals surface area (Å²) in [5, 5.41) is 10.1. The monoisotopic (exact) mass is 365 g/mol. The van der Waals surface area contributed by atoms with Crippen LogP contribution in [0.2, 0.25) is 0 Å². The molecule has 0 N–H and O–H groups in total. The van der Waals surface area contributed by atoms with Crippen LogP contribution in [0, 0.1) is 11.3 Å². The average Bonchev–Trinajstić information content (AvgIpc) is 2.73. The van der Waals surface area contributed by atoms with Crippen molar-refractivity contribution >= 4 is 23.1 Å². The SMILES string of the molecule is N#Cc1c(/C=C/c2cccc(Oc3ccccc3)c2)c2ccccc2oc1=O. The Hall–Kier alpha value is -4.10. The van der Waals surface area contributed by atoms with Gasteiger partial charge in [0.15, 0.2) is 0 Å². The Balaban J connectivity index is 1.71. The number of ether oxygens (including phenoxy) is 1. The molecule has 3 aromatic carbocycles. The maximum atomic E-state index is 12.1. The van der Waals surface area contributed by atoms with Gasteiger partial charge in [-0.05, 0) is 35.9 Å². The van der Waals surface area contributed by atoms with Gasteiger partial charge in [0.2, 0.25) is 0 Å². The molecule has 1 heterocycles. The van der Waals surface area contributed by atoms with E-state index in [1.165, 1.54) is 0 Å². The van der Waals surface area contributed by atoms with Crippen LogP contribution in [0.3, 0.4) is 0 Å². The molecule has 0 saturated carbocycles. The lowest BCUT2D eigenvalue weighted by atomic mass is 10.0. The third-order valence-electron chi connectivity index (χ3n) is 4.24. The summed E-state index contributed by atoms with van der Waals surface area (Å²) in [6, 6.07) is 26.2. The topological polar surface area (TPSA) is 63.2 Å². The van der Waals surface area contributed by atoms with Gasteiger partial charge in [-0.2, -0.15) is 5.26 Å². The van der Waals surface area contributed by atoms with Gasteiger partial charge >= 0.3 is 5.63 Å². The number of hydrogen-bond donors (Lipinski definition) is 0. The first-order chi connectivity index (χ1) is 13.7. The standard InChI is InChI=1S/C24H15NO3/c25-16-22-20(21-11-4-5-12-23(21)28-24(22)26)14-13-17-7-6-10-19(15-17)27-18-8-2-1-3-9-18/h1-15H/b14-13+. The Morgan fingerprint density at radius 1 is 0.857 bits per heavy atom. The number of rotatable bonds is 4. The molecule has 0 saturated heterocycles. The average molecular weight is 365 g/mol. The summed E-state index contributed by atoms with van der Waals surface area (Å²) >= 11 is 0. The summed E-state index contributed by atoms with van der Waals surface area (Å²) in [6.07, 6.45) is 3.61. The van der Waals surface area contributed by atoms with Crippen molar-refractivity contribution in [3.05, 3.63) is 106 Å². The Bertz CT molecular complexity index is 1260. The molecule has 0 fully saturated rings. The maximum absolute atomic E-state index is 12.1. The lowest BCUT2D eigenvalue weighted by Crippen LogP contribution is -2.06. The van der Waals surface area contributed by atoms with Crippen LogP contribution in [0.15, 0.2) is 88.1 Å². The lowest BCUT2D eigenvalue weighted by Gasteiger charge is -2.06. The molecule has 28 heavy (non-hydrogen) atoms. The molecule has 0 aliphatic carbocycles. The fourth-order valence-corrected chi connectivity index (χ4v) is 2.94. The van der Waals surface area contributed by atoms with Crippen molar-refractivity contribution in [3.63, 3.8) is 0 Å². The highest BCUT2D eigenvalue weighted by atomic mass is 16.5. The van der Waals surface area contributed by atoms with E-state index in [0.717, 1.165) is 11.3 Å². The summed E-state index contributed by atoms with van der Waals surface area (Å²) in [7, 11) is 0. The van der Waals surface area contributed by atoms with Crippen LogP contribution in [-0.2, 0) is 0 Å². The van der Waals surface area contributed by atoms with Crippen LogP contribution in [0.5, 0.6) is 11.5 Å². The first kappa shape index (κ1) is 17.3. The van der Waals surface area contributed by atoms with Crippen molar-refractivity contribution in [1.82, 2.24) is 0 Å². The Morgan fingerprint density at radius 3 is 2.43 bits per heavy atom. The van der Waals surface area contributed by atoms with E-state index in [4.69, 9.17) is 9.15 Å². The van der Waals surface area contributed by atoms with Crippen molar-refractivity contribution in [2.45, 2.75) is 0 Å². The van der Waals surface area contributed by atoms with E-state index in [0.29, 0.717) is 22.3 Å². The summed E-state index contributed by atoms with van der Waals surface area (Å²) in [4.78, 5) is 12.1. The van der Waals surface area contributed by atoms with Crippen LogP contribution < -0.4 is 10.4 Å². The molecule has 134 valence electrons. The van der Waals surface area contributed by atoms with Crippen LogP contribution in [0.1, 0.15) is 16.7 Å². The Kier molecular flexibility index (Phi) is 4.73. The zero-order chi connectivity index (χ0) is 19.3. The fraction of sp³-hybridized carbons (Fsp3) is 0. The molecule has 4 heteroatoms. The normalized spacial score (nSPS) is 10.8. The van der Waals surface area contributed by atoms with Gasteiger partial charge in [0.05, 0.1) is 0 Å². The summed E-state index contributed by atoms with van der Waals surface area (Å²) in [5.74, 6) is 1.45. The first-order valence-corrected chi connectivity index (χ1v) is 8.71. The number of para-hydroxylation sites is 2. The predicted octanol–water partition coefficient (Wildman–Crippen LogP) is 5.63. The minimum Gasteiger partial charge on any atom is -0.457 e. The van der Waals surface area contributed by atoms with Gasteiger partial charge in [-0.1, -0.05) is 60.7 Å². The number of fused-ring (bicyclic) bond motifs is 1.